The van der Waals surface area contributed by atoms with Gasteiger partial charge in [0, 0.05) is 17.3 Å². The van der Waals surface area contributed by atoms with Crippen molar-refractivity contribution in [2.24, 2.45) is 5.10 Å². The van der Waals surface area contributed by atoms with Crippen LogP contribution in [-0.2, 0) is 6.54 Å². The molecule has 0 saturated heterocycles. The monoisotopic (exact) mass is 334 g/mol. The molecule has 128 valence electrons. The van der Waals surface area contributed by atoms with E-state index in [1.807, 2.05) is 0 Å². The molecule has 1 amide bonds. The first-order valence-corrected chi connectivity index (χ1v) is 6.89. The molecule has 0 aliphatic carbocycles. The normalized spacial score (nSPS) is 12.9. The Balaban J connectivity index is 2.05. The van der Waals surface area contributed by atoms with E-state index < -0.39 is 16.9 Å². The van der Waals surface area contributed by atoms with Gasteiger partial charge < -0.3 is 15.4 Å². The molecule has 1 unspecified atom stereocenters. The van der Waals surface area contributed by atoms with E-state index in [9.17, 15) is 15.1 Å². The number of carbonyl (C=O) groups is 1. The molecule has 0 aliphatic heterocycles. The third-order valence-electron chi connectivity index (χ3n) is 3.14. The van der Waals surface area contributed by atoms with Gasteiger partial charge in [-0.05, 0) is 32.0 Å². The van der Waals surface area contributed by atoms with E-state index in [1.54, 1.807) is 13.8 Å². The molecular weight excluding hydrogens is 318 g/mol. The first-order valence-electron chi connectivity index (χ1n) is 6.89. The Hall–Kier alpha value is -2.95. The number of aryl methyl sites for hydroxylation is 1. The van der Waals surface area contributed by atoms with Crippen LogP contribution in [0.3, 0.4) is 0 Å². The molecule has 4 N–H and O–H groups in total. The molecular formula is C14H16N5O5-. The Bertz CT molecular complexity index is 784. The highest BCUT2D eigenvalue weighted by Gasteiger charge is 2.11. The Morgan fingerprint density at radius 2 is 2.17 bits per heavy atom. The summed E-state index contributed by atoms with van der Waals surface area (Å²) in [5.41, 5.74) is 3.18. The molecule has 24 heavy (non-hydrogen) atoms. The van der Waals surface area contributed by atoms with Gasteiger partial charge in [-0.1, -0.05) is 5.75 Å². The molecule has 0 aliphatic rings. The number of phenolic OH excluding ortho intramolecular Hbond substituents is 1. The first kappa shape index (κ1) is 17.4. The second-order valence-electron chi connectivity index (χ2n) is 5.10. The number of aromatic nitrogens is 2. The Morgan fingerprint density at radius 1 is 1.46 bits per heavy atom. The van der Waals surface area contributed by atoms with Crippen molar-refractivity contribution in [3.8, 4) is 11.5 Å². The van der Waals surface area contributed by atoms with Crippen LogP contribution in [0.5, 0.6) is 11.5 Å². The largest absolute Gasteiger partial charge is 0.872 e. The van der Waals surface area contributed by atoms with Gasteiger partial charge in [-0.15, -0.1) is 5.10 Å². The summed E-state index contributed by atoms with van der Waals surface area (Å²) in [6.45, 7) is 3.50. The van der Waals surface area contributed by atoms with E-state index in [0.717, 1.165) is 6.07 Å². The average molecular weight is 334 g/mol. The van der Waals surface area contributed by atoms with Gasteiger partial charge >= 0.3 is 0 Å². The van der Waals surface area contributed by atoms with Gasteiger partial charge in [-0.25, -0.2) is 10.6 Å². The van der Waals surface area contributed by atoms with Crippen LogP contribution in [0.25, 0.3) is 0 Å². The van der Waals surface area contributed by atoms with Crippen LogP contribution in [0.1, 0.15) is 23.0 Å². The third-order valence-corrected chi connectivity index (χ3v) is 3.14. The number of hydrogen-bond acceptors (Lipinski definition) is 7. The van der Waals surface area contributed by atoms with Crippen LogP contribution < -0.4 is 15.8 Å². The SMILES string of the molecule is C/C(Cn1nc([NH+]([O-])O)cc1C)=N\NC(=O)c1ccc(O)cc1[O-]. The van der Waals surface area contributed by atoms with Crippen LogP contribution in [0.4, 0.5) is 5.82 Å². The molecule has 0 spiro atoms. The number of nitrogens with one attached hydrogen (secondary N) is 2. The highest BCUT2D eigenvalue weighted by molar-refractivity contribution is 5.97. The molecule has 1 atom stereocenters. The predicted octanol–water partition coefficient (Wildman–Crippen LogP) is -0.820. The number of hydrogen-bond donors (Lipinski definition) is 4. The summed E-state index contributed by atoms with van der Waals surface area (Å²) >= 11 is 0. The summed E-state index contributed by atoms with van der Waals surface area (Å²) in [5, 5.41) is 47.1. The lowest BCUT2D eigenvalue weighted by Crippen LogP contribution is -2.99. The van der Waals surface area contributed by atoms with Crippen LogP contribution in [-0.4, -0.2) is 31.7 Å². The Morgan fingerprint density at radius 3 is 2.75 bits per heavy atom. The summed E-state index contributed by atoms with van der Waals surface area (Å²) in [6.07, 6.45) is 0. The maximum absolute atomic E-state index is 11.9. The quantitative estimate of drug-likeness (QED) is 0.414. The minimum atomic E-state index is -1.13. The molecule has 2 aromatic rings. The molecule has 10 nitrogen and oxygen atoms in total. The summed E-state index contributed by atoms with van der Waals surface area (Å²) in [6, 6.07) is 4.79. The van der Waals surface area contributed by atoms with Gasteiger partial charge in [0.15, 0.2) is 0 Å². The summed E-state index contributed by atoms with van der Waals surface area (Å²) in [7, 11) is 0. The number of amides is 1. The highest BCUT2D eigenvalue weighted by Crippen LogP contribution is 2.19. The zero-order valence-electron chi connectivity index (χ0n) is 13.0. The predicted molar refractivity (Wildman–Crippen MR) is 80.9 cm³/mol. The van der Waals surface area contributed by atoms with E-state index in [0.29, 0.717) is 11.4 Å². The van der Waals surface area contributed by atoms with E-state index in [4.69, 9.17) is 10.3 Å². The van der Waals surface area contributed by atoms with Crippen LogP contribution in [0, 0.1) is 12.1 Å². The van der Waals surface area contributed by atoms with Crippen molar-refractivity contribution in [1.29, 1.82) is 0 Å². The molecule has 0 bridgehead atoms. The van der Waals surface area contributed by atoms with Crippen LogP contribution in [0.2, 0.25) is 0 Å². The van der Waals surface area contributed by atoms with Gasteiger partial charge in [-0.3, -0.25) is 9.48 Å². The van der Waals surface area contributed by atoms with Gasteiger partial charge in [-0.2, -0.15) is 10.3 Å². The van der Waals surface area contributed by atoms with E-state index in [-0.39, 0.29) is 23.7 Å². The maximum Gasteiger partial charge on any atom is 0.277 e. The summed E-state index contributed by atoms with van der Waals surface area (Å²) < 4.78 is 1.44. The smallest absolute Gasteiger partial charge is 0.277 e. The molecule has 1 aromatic carbocycles. The molecule has 0 radical (unpaired) electrons. The summed E-state index contributed by atoms with van der Waals surface area (Å²) in [5.74, 6) is -1.62. The van der Waals surface area contributed by atoms with Gasteiger partial charge in [0.05, 0.1) is 12.3 Å². The summed E-state index contributed by atoms with van der Waals surface area (Å²) in [4.78, 5) is 11.9. The van der Waals surface area contributed by atoms with Gasteiger partial charge in [0.1, 0.15) is 5.75 Å². The lowest BCUT2D eigenvalue weighted by Gasteiger charge is -2.12. The average Bonchev–Trinajstić information content (AvgIpc) is 2.86. The second-order valence-corrected chi connectivity index (χ2v) is 5.10. The highest BCUT2D eigenvalue weighted by atomic mass is 16.8. The molecule has 0 fully saturated rings. The number of nitrogens with zero attached hydrogens (tertiary/aromatic N) is 3. The van der Waals surface area contributed by atoms with E-state index >= 15 is 0 Å². The molecule has 1 heterocycles. The van der Waals surface area contributed by atoms with Crippen molar-refractivity contribution < 1.29 is 25.4 Å². The zero-order valence-corrected chi connectivity index (χ0v) is 13.0. The number of phenols is 1. The van der Waals surface area contributed by atoms with Crippen LogP contribution in [0.15, 0.2) is 29.4 Å². The minimum absolute atomic E-state index is 0.0792. The number of quaternary nitrogens is 1. The van der Waals surface area contributed by atoms with Crippen molar-refractivity contribution in [2.75, 3.05) is 0 Å². The minimum Gasteiger partial charge on any atom is -0.872 e. The fraction of sp³-hybridized carbons (Fsp3) is 0.214. The van der Waals surface area contributed by atoms with Crippen molar-refractivity contribution >= 4 is 17.4 Å². The standard InChI is InChI=1S/C14H17N5O5/c1-8(7-18-9(2)5-13(17-18)19(23)24)15-16-14(22)11-4-3-10(20)6-12(11)21/h3-6,19-21,23H,7H2,1-2H3,(H,16,22)/p-1/b15-8+. The van der Waals surface area contributed by atoms with Crippen molar-refractivity contribution in [2.45, 2.75) is 20.4 Å². The molecule has 10 heteroatoms. The number of hydrazone groups is 1. The second kappa shape index (κ2) is 7.08. The number of aromatic hydroxyl groups is 1. The first-order chi connectivity index (χ1) is 11.3. The van der Waals surface area contributed by atoms with Gasteiger partial charge in [0.2, 0.25) is 0 Å². The lowest BCUT2D eigenvalue weighted by atomic mass is 10.2. The Kier molecular flexibility index (Phi) is 5.14. The topological polar surface area (TPSA) is 150 Å². The van der Waals surface area contributed by atoms with Gasteiger partial charge in [0.25, 0.3) is 11.7 Å². The zero-order chi connectivity index (χ0) is 17.9. The number of rotatable bonds is 5. The fourth-order valence-electron chi connectivity index (χ4n) is 1.93. The Labute approximate surface area is 136 Å². The maximum atomic E-state index is 11.9. The fourth-order valence-corrected chi connectivity index (χ4v) is 1.93. The van der Waals surface area contributed by atoms with E-state index in [2.05, 4.69) is 15.6 Å². The molecule has 1 aromatic heterocycles. The third kappa shape index (κ3) is 4.07. The van der Waals surface area contributed by atoms with E-state index in [1.165, 1.54) is 22.9 Å². The molecule has 2 rings (SSSR count). The number of carbonyl (C=O) groups excluding carboxylic acids is 1. The van der Waals surface area contributed by atoms with Crippen molar-refractivity contribution in [1.82, 2.24) is 15.2 Å². The van der Waals surface area contributed by atoms with Crippen molar-refractivity contribution in [3.63, 3.8) is 0 Å². The lowest BCUT2D eigenvalue weighted by molar-refractivity contribution is -0.993. The van der Waals surface area contributed by atoms with Crippen LogP contribution >= 0.6 is 0 Å². The molecule has 0 saturated carbocycles. The number of benzene rings is 1. The van der Waals surface area contributed by atoms with Crippen molar-refractivity contribution in [3.05, 3.63) is 40.7 Å².